The van der Waals surface area contributed by atoms with Gasteiger partial charge < -0.3 is 24.4 Å². The van der Waals surface area contributed by atoms with Crippen molar-refractivity contribution in [1.29, 1.82) is 0 Å². The van der Waals surface area contributed by atoms with Crippen molar-refractivity contribution in [3.8, 4) is 11.5 Å². The van der Waals surface area contributed by atoms with E-state index in [4.69, 9.17) is 14.2 Å². The van der Waals surface area contributed by atoms with Gasteiger partial charge in [-0.25, -0.2) is 4.98 Å². The number of methoxy groups -OCH3 is 1. The summed E-state index contributed by atoms with van der Waals surface area (Å²) in [4.78, 5) is 6.57. The summed E-state index contributed by atoms with van der Waals surface area (Å²) in [5.74, 6) is 2.59. The summed E-state index contributed by atoms with van der Waals surface area (Å²) >= 11 is 0. The molecular weight excluding hydrogens is 306 g/mol. The zero-order valence-electron chi connectivity index (χ0n) is 14.1. The lowest BCUT2D eigenvalue weighted by atomic mass is 10.2. The number of aromatic nitrogens is 1. The smallest absolute Gasteiger partial charge is 0.231 e. The summed E-state index contributed by atoms with van der Waals surface area (Å²) in [5, 5.41) is 3.42. The van der Waals surface area contributed by atoms with E-state index in [9.17, 15) is 0 Å². The second-order valence-corrected chi connectivity index (χ2v) is 5.73. The molecule has 0 spiro atoms. The van der Waals surface area contributed by atoms with E-state index in [-0.39, 0.29) is 0 Å². The molecule has 2 heterocycles. The van der Waals surface area contributed by atoms with Gasteiger partial charge in [-0.3, -0.25) is 0 Å². The summed E-state index contributed by atoms with van der Waals surface area (Å²) in [7, 11) is 3.72. The molecule has 1 N–H and O–H groups in total. The number of anilines is 1. The average Bonchev–Trinajstić information content (AvgIpc) is 3.08. The minimum Gasteiger partial charge on any atom is -0.454 e. The fourth-order valence-electron chi connectivity index (χ4n) is 2.49. The molecular formula is C18H23N3O3. The third kappa shape index (κ3) is 4.15. The molecule has 1 aliphatic heterocycles. The highest BCUT2D eigenvalue weighted by atomic mass is 16.7. The Balaban J connectivity index is 1.48. The van der Waals surface area contributed by atoms with Crippen LogP contribution in [0.15, 0.2) is 36.5 Å². The van der Waals surface area contributed by atoms with Crippen molar-refractivity contribution < 1.29 is 14.2 Å². The lowest BCUT2D eigenvalue weighted by Crippen LogP contribution is -2.23. The van der Waals surface area contributed by atoms with E-state index >= 15 is 0 Å². The van der Waals surface area contributed by atoms with Crippen molar-refractivity contribution in [3.63, 3.8) is 0 Å². The highest BCUT2D eigenvalue weighted by molar-refractivity contribution is 5.44. The molecule has 3 rings (SSSR count). The fraction of sp³-hybridized carbons (Fsp3) is 0.389. The number of fused-ring (bicyclic) bond motifs is 1. The van der Waals surface area contributed by atoms with Gasteiger partial charge in [0.05, 0.1) is 6.61 Å². The number of nitrogens with zero attached hydrogens (tertiary/aromatic N) is 2. The Morgan fingerprint density at radius 3 is 2.71 bits per heavy atom. The van der Waals surface area contributed by atoms with Crippen molar-refractivity contribution in [2.24, 2.45) is 0 Å². The normalized spacial score (nSPS) is 12.4. The second kappa shape index (κ2) is 7.99. The molecule has 0 bridgehead atoms. The van der Waals surface area contributed by atoms with Crippen LogP contribution in [0, 0.1) is 0 Å². The third-order valence-electron chi connectivity index (χ3n) is 3.93. The van der Waals surface area contributed by atoms with Crippen LogP contribution in [0.2, 0.25) is 0 Å². The second-order valence-electron chi connectivity index (χ2n) is 5.73. The van der Waals surface area contributed by atoms with Crippen LogP contribution in [0.1, 0.15) is 11.1 Å². The number of hydrogen-bond donors (Lipinski definition) is 1. The molecule has 0 atom stereocenters. The van der Waals surface area contributed by atoms with Crippen LogP contribution in [-0.4, -0.2) is 39.1 Å². The number of ether oxygens (including phenoxy) is 3. The van der Waals surface area contributed by atoms with E-state index < -0.39 is 0 Å². The number of hydrogen-bond acceptors (Lipinski definition) is 6. The fourth-order valence-corrected chi connectivity index (χ4v) is 2.49. The Kier molecular flexibility index (Phi) is 5.51. The summed E-state index contributed by atoms with van der Waals surface area (Å²) < 4.78 is 15.8. The maximum Gasteiger partial charge on any atom is 0.231 e. The van der Waals surface area contributed by atoms with Gasteiger partial charge in [-0.15, -0.1) is 0 Å². The molecule has 1 aromatic carbocycles. The zero-order chi connectivity index (χ0) is 16.8. The first-order valence-electron chi connectivity index (χ1n) is 8.00. The summed E-state index contributed by atoms with van der Waals surface area (Å²) in [6.45, 7) is 3.36. The maximum atomic E-state index is 5.39. The third-order valence-corrected chi connectivity index (χ3v) is 3.93. The first kappa shape index (κ1) is 16.5. The van der Waals surface area contributed by atoms with Crippen LogP contribution in [0.4, 0.5) is 5.82 Å². The number of benzene rings is 1. The molecule has 0 unspecified atom stereocenters. The molecule has 0 radical (unpaired) electrons. The first-order chi connectivity index (χ1) is 11.8. The zero-order valence-corrected chi connectivity index (χ0v) is 14.1. The maximum absolute atomic E-state index is 5.39. The Morgan fingerprint density at radius 1 is 1.12 bits per heavy atom. The Morgan fingerprint density at radius 2 is 1.92 bits per heavy atom. The van der Waals surface area contributed by atoms with E-state index in [2.05, 4.69) is 21.3 Å². The molecule has 1 aromatic heterocycles. The van der Waals surface area contributed by atoms with E-state index in [0.29, 0.717) is 13.4 Å². The predicted octanol–water partition coefficient (Wildman–Crippen LogP) is 2.18. The topological polar surface area (TPSA) is 55.9 Å². The summed E-state index contributed by atoms with van der Waals surface area (Å²) in [6.07, 6.45) is 1.91. The Labute approximate surface area is 142 Å². The van der Waals surface area contributed by atoms with Gasteiger partial charge in [0.25, 0.3) is 0 Å². The van der Waals surface area contributed by atoms with Crippen LogP contribution < -0.4 is 19.7 Å². The minimum atomic E-state index is 0.309. The van der Waals surface area contributed by atoms with Gasteiger partial charge >= 0.3 is 0 Å². The molecule has 0 saturated heterocycles. The van der Waals surface area contributed by atoms with Crippen molar-refractivity contribution in [3.05, 3.63) is 47.7 Å². The molecule has 0 saturated carbocycles. The van der Waals surface area contributed by atoms with Gasteiger partial charge in [-0.05, 0) is 29.3 Å². The Hall–Kier alpha value is -2.31. The largest absolute Gasteiger partial charge is 0.454 e. The molecule has 128 valence electrons. The SMILES string of the molecule is COCCN(C)c1ccc(CNCc2ccc3c(c2)OCO3)cn1. The van der Waals surface area contributed by atoms with Crippen molar-refractivity contribution in [2.75, 3.05) is 39.0 Å². The van der Waals surface area contributed by atoms with Crippen LogP contribution in [0.25, 0.3) is 0 Å². The van der Waals surface area contributed by atoms with E-state index in [1.54, 1.807) is 7.11 Å². The average molecular weight is 329 g/mol. The monoisotopic (exact) mass is 329 g/mol. The molecule has 1 aliphatic rings. The number of rotatable bonds is 8. The van der Waals surface area contributed by atoms with E-state index in [0.717, 1.165) is 42.5 Å². The van der Waals surface area contributed by atoms with Gasteiger partial charge in [-0.1, -0.05) is 12.1 Å². The van der Waals surface area contributed by atoms with Gasteiger partial charge in [0.1, 0.15) is 5.82 Å². The standard InChI is InChI=1S/C18H23N3O3/c1-21(7-8-22-2)18-6-4-15(12-20-18)11-19-10-14-3-5-16-17(9-14)24-13-23-16/h3-6,9,12,19H,7-8,10-11,13H2,1-2H3. The number of likely N-dealkylation sites (N-methyl/N-ethyl adjacent to an activating group) is 1. The molecule has 0 amide bonds. The molecule has 6 nitrogen and oxygen atoms in total. The highest BCUT2D eigenvalue weighted by Gasteiger charge is 2.12. The van der Waals surface area contributed by atoms with Crippen molar-refractivity contribution in [2.45, 2.75) is 13.1 Å². The molecule has 0 fully saturated rings. The number of nitrogens with one attached hydrogen (secondary N) is 1. The molecule has 2 aromatic rings. The van der Waals surface area contributed by atoms with Crippen LogP contribution in [0.5, 0.6) is 11.5 Å². The number of pyridine rings is 1. The van der Waals surface area contributed by atoms with Gasteiger partial charge in [0.15, 0.2) is 11.5 Å². The summed E-state index contributed by atoms with van der Waals surface area (Å²) in [5.41, 5.74) is 2.32. The first-order valence-corrected chi connectivity index (χ1v) is 8.00. The van der Waals surface area contributed by atoms with E-state index in [1.807, 2.05) is 37.5 Å². The van der Waals surface area contributed by atoms with Crippen LogP contribution in [-0.2, 0) is 17.8 Å². The van der Waals surface area contributed by atoms with Crippen LogP contribution >= 0.6 is 0 Å². The minimum absolute atomic E-state index is 0.309. The van der Waals surface area contributed by atoms with E-state index in [1.165, 1.54) is 5.56 Å². The summed E-state index contributed by atoms with van der Waals surface area (Å²) in [6, 6.07) is 10.1. The lowest BCUT2D eigenvalue weighted by Gasteiger charge is -2.17. The predicted molar refractivity (Wildman–Crippen MR) is 92.5 cm³/mol. The molecule has 0 aliphatic carbocycles. The van der Waals surface area contributed by atoms with Gasteiger partial charge in [-0.2, -0.15) is 0 Å². The lowest BCUT2D eigenvalue weighted by molar-refractivity contribution is 0.174. The van der Waals surface area contributed by atoms with Crippen molar-refractivity contribution >= 4 is 5.82 Å². The van der Waals surface area contributed by atoms with Crippen LogP contribution in [0.3, 0.4) is 0 Å². The van der Waals surface area contributed by atoms with Crippen molar-refractivity contribution in [1.82, 2.24) is 10.3 Å². The Bertz CT molecular complexity index is 661. The highest BCUT2D eigenvalue weighted by Crippen LogP contribution is 2.32. The molecule has 6 heteroatoms. The van der Waals surface area contributed by atoms with Gasteiger partial charge in [0.2, 0.25) is 6.79 Å². The molecule has 24 heavy (non-hydrogen) atoms. The van der Waals surface area contributed by atoms with Gasteiger partial charge in [0, 0.05) is 40.0 Å². The quantitative estimate of drug-likeness (QED) is 0.801.